The van der Waals surface area contributed by atoms with Crippen LogP contribution in [-0.4, -0.2) is 79.1 Å². The highest BCUT2D eigenvalue weighted by Crippen LogP contribution is 2.38. The Balaban J connectivity index is 3.58. The first-order valence-corrected chi connectivity index (χ1v) is 10.6. The minimum Gasteiger partial charge on any atom is -0.465 e. The highest BCUT2D eigenvalue weighted by molar-refractivity contribution is 8.04. The van der Waals surface area contributed by atoms with Gasteiger partial charge in [0, 0.05) is 34.6 Å². The Kier molecular flexibility index (Phi) is 10.9. The molecule has 1 amide bonds. The molecule has 1 aliphatic rings. The van der Waals surface area contributed by atoms with Crippen molar-refractivity contribution in [2.75, 3.05) is 13.7 Å². The summed E-state index contributed by atoms with van der Waals surface area (Å²) in [6.45, 7) is 5.22. The van der Waals surface area contributed by atoms with Gasteiger partial charge in [0.2, 0.25) is 5.91 Å². The zero-order chi connectivity index (χ0) is 25.3. The lowest BCUT2D eigenvalue weighted by Crippen LogP contribution is -2.59. The molecule has 0 aromatic rings. The van der Waals surface area contributed by atoms with Crippen LogP contribution in [0, 0.1) is 0 Å². The van der Waals surface area contributed by atoms with E-state index in [1.54, 1.807) is 0 Å². The Bertz CT molecular complexity index is 825. The summed E-state index contributed by atoms with van der Waals surface area (Å²) in [5.41, 5.74) is 0. The maximum Gasteiger partial charge on any atom is 0.344 e. The number of rotatable bonds is 9. The van der Waals surface area contributed by atoms with Gasteiger partial charge in [0.05, 0.1) is 23.3 Å². The third kappa shape index (κ3) is 9.12. The first kappa shape index (κ1) is 27.9. The number of carbonyl (C=O) groups excluding carboxylic acids is 6. The summed E-state index contributed by atoms with van der Waals surface area (Å²) in [5.74, 6) is -4.21. The normalized spacial score (nSPS) is 21.4. The SMILES string of the molecule is COC(=O)C1=C[C@@H](OC(C)=O)[C@@H](NC(C)=O)[C@H]([C@H](OC(C)=O)[C@@H](COC(C)=O)OC(C)=O)S1. The Morgan fingerprint density at radius 1 is 0.939 bits per heavy atom. The molecule has 0 unspecified atom stereocenters. The lowest BCUT2D eigenvalue weighted by Gasteiger charge is -2.40. The first-order valence-electron chi connectivity index (χ1n) is 9.74. The summed E-state index contributed by atoms with van der Waals surface area (Å²) in [6.07, 6.45) is -2.50. The lowest BCUT2D eigenvalue weighted by molar-refractivity contribution is -0.174. The van der Waals surface area contributed by atoms with Crippen LogP contribution in [0.3, 0.4) is 0 Å². The molecule has 1 rings (SSSR count). The molecule has 1 heterocycles. The van der Waals surface area contributed by atoms with E-state index in [0.717, 1.165) is 46.6 Å². The van der Waals surface area contributed by atoms with Crippen molar-refractivity contribution in [3.63, 3.8) is 0 Å². The van der Waals surface area contributed by atoms with Gasteiger partial charge in [0.25, 0.3) is 0 Å². The quantitative estimate of drug-likeness (QED) is 0.342. The molecule has 0 saturated carbocycles. The van der Waals surface area contributed by atoms with E-state index in [4.69, 9.17) is 23.7 Å². The molecule has 0 aliphatic carbocycles. The monoisotopic (exact) mass is 489 g/mol. The van der Waals surface area contributed by atoms with Crippen molar-refractivity contribution in [2.24, 2.45) is 0 Å². The minimum atomic E-state index is -1.33. The maximum atomic E-state index is 12.3. The van der Waals surface area contributed by atoms with Crippen molar-refractivity contribution in [3.05, 3.63) is 11.0 Å². The number of thioether (sulfide) groups is 1. The van der Waals surface area contributed by atoms with Gasteiger partial charge in [-0.1, -0.05) is 0 Å². The summed E-state index contributed by atoms with van der Waals surface area (Å²) in [5, 5.41) is 1.59. The predicted molar refractivity (Wildman–Crippen MR) is 112 cm³/mol. The van der Waals surface area contributed by atoms with Gasteiger partial charge in [-0.25, -0.2) is 4.79 Å². The molecule has 12 nitrogen and oxygen atoms in total. The highest BCUT2D eigenvalue weighted by atomic mass is 32.2. The van der Waals surface area contributed by atoms with Crippen molar-refractivity contribution in [3.8, 4) is 0 Å². The van der Waals surface area contributed by atoms with Crippen LogP contribution in [0.1, 0.15) is 34.6 Å². The van der Waals surface area contributed by atoms with Gasteiger partial charge in [-0.2, -0.15) is 0 Å². The molecule has 1 aliphatic heterocycles. The second-order valence-corrected chi connectivity index (χ2v) is 8.15. The molecule has 0 bridgehead atoms. The fraction of sp³-hybridized carbons (Fsp3) is 0.600. The van der Waals surface area contributed by atoms with E-state index in [0.29, 0.717) is 0 Å². The number of carbonyl (C=O) groups is 6. The molecule has 5 atom stereocenters. The number of amides is 1. The van der Waals surface area contributed by atoms with E-state index in [1.807, 2.05) is 0 Å². The van der Waals surface area contributed by atoms with Crippen LogP contribution in [0.15, 0.2) is 11.0 Å². The first-order chi connectivity index (χ1) is 15.3. The molecule has 0 fully saturated rings. The van der Waals surface area contributed by atoms with Crippen molar-refractivity contribution in [2.45, 2.75) is 64.2 Å². The molecule has 0 radical (unpaired) electrons. The van der Waals surface area contributed by atoms with E-state index in [9.17, 15) is 28.8 Å². The third-order valence-electron chi connectivity index (χ3n) is 4.11. The van der Waals surface area contributed by atoms with Crippen molar-refractivity contribution < 1.29 is 52.5 Å². The molecule has 184 valence electrons. The average molecular weight is 489 g/mol. The third-order valence-corrected chi connectivity index (χ3v) is 5.50. The lowest BCUT2D eigenvalue weighted by atomic mass is 9.97. The van der Waals surface area contributed by atoms with Crippen LogP contribution in [0.4, 0.5) is 0 Å². The molecule has 33 heavy (non-hydrogen) atoms. The van der Waals surface area contributed by atoms with Crippen LogP contribution in [-0.2, 0) is 52.5 Å². The van der Waals surface area contributed by atoms with Gasteiger partial charge in [-0.15, -0.1) is 11.8 Å². The standard InChI is InChI=1S/C20H27NO11S/c1-9(22)21-17-14(30-11(3)24)7-16(20(27)28-6)33-19(17)18(32-13(5)26)15(31-12(4)25)8-29-10(2)23/h7,14-15,17-19H,8H2,1-6H3,(H,21,22)/t14-,15-,17-,18-,19-/m1/s1. The van der Waals surface area contributed by atoms with Crippen molar-refractivity contribution in [1.82, 2.24) is 5.32 Å². The average Bonchev–Trinajstić information content (AvgIpc) is 2.68. The summed E-state index contributed by atoms with van der Waals surface area (Å²) in [4.78, 5) is 70.9. The van der Waals surface area contributed by atoms with Gasteiger partial charge in [-0.3, -0.25) is 24.0 Å². The van der Waals surface area contributed by atoms with E-state index in [1.165, 1.54) is 13.0 Å². The van der Waals surface area contributed by atoms with Crippen LogP contribution in [0.25, 0.3) is 0 Å². The van der Waals surface area contributed by atoms with E-state index < -0.39 is 72.0 Å². The van der Waals surface area contributed by atoms with Gasteiger partial charge < -0.3 is 29.0 Å². The van der Waals surface area contributed by atoms with Crippen LogP contribution < -0.4 is 5.32 Å². The second kappa shape index (κ2) is 12.8. The molecule has 0 spiro atoms. The predicted octanol–water partition coefficient (Wildman–Crippen LogP) is 0.0216. The van der Waals surface area contributed by atoms with Crippen LogP contribution in [0.2, 0.25) is 0 Å². The van der Waals surface area contributed by atoms with Crippen LogP contribution in [0.5, 0.6) is 0 Å². The Hall–Kier alpha value is -3.09. The van der Waals surface area contributed by atoms with E-state index in [2.05, 4.69) is 5.32 Å². The zero-order valence-corrected chi connectivity index (χ0v) is 19.9. The largest absolute Gasteiger partial charge is 0.465 e. The Morgan fingerprint density at radius 3 is 2.00 bits per heavy atom. The zero-order valence-electron chi connectivity index (χ0n) is 19.1. The number of hydrogen-bond donors (Lipinski definition) is 1. The number of esters is 5. The van der Waals surface area contributed by atoms with Gasteiger partial charge in [0.15, 0.2) is 12.2 Å². The van der Waals surface area contributed by atoms with Gasteiger partial charge in [0.1, 0.15) is 12.7 Å². The van der Waals surface area contributed by atoms with Crippen LogP contribution >= 0.6 is 11.8 Å². The summed E-state index contributed by atoms with van der Waals surface area (Å²) in [6, 6.07) is -1.02. The highest BCUT2D eigenvalue weighted by Gasteiger charge is 2.47. The molecule has 0 aromatic heterocycles. The molecule has 1 N–H and O–H groups in total. The molecular weight excluding hydrogens is 462 g/mol. The number of ether oxygens (including phenoxy) is 5. The minimum absolute atomic E-state index is 0.00145. The second-order valence-electron chi connectivity index (χ2n) is 6.93. The number of methoxy groups -OCH3 is 1. The maximum absolute atomic E-state index is 12.3. The molecular formula is C20H27NO11S. The topological polar surface area (TPSA) is 161 Å². The summed E-state index contributed by atoms with van der Waals surface area (Å²) in [7, 11) is 1.14. The molecule has 13 heteroatoms. The summed E-state index contributed by atoms with van der Waals surface area (Å²) >= 11 is 0.856. The number of hydrogen-bond acceptors (Lipinski definition) is 12. The molecule has 0 aromatic carbocycles. The Labute approximate surface area is 194 Å². The molecule has 0 saturated heterocycles. The number of nitrogens with one attached hydrogen (secondary N) is 1. The van der Waals surface area contributed by atoms with Crippen molar-refractivity contribution >= 4 is 47.5 Å². The van der Waals surface area contributed by atoms with Gasteiger partial charge >= 0.3 is 29.8 Å². The van der Waals surface area contributed by atoms with Crippen molar-refractivity contribution in [1.29, 1.82) is 0 Å². The Morgan fingerprint density at radius 2 is 1.55 bits per heavy atom. The smallest absolute Gasteiger partial charge is 0.344 e. The van der Waals surface area contributed by atoms with E-state index >= 15 is 0 Å². The van der Waals surface area contributed by atoms with Gasteiger partial charge in [-0.05, 0) is 6.08 Å². The summed E-state index contributed by atoms with van der Waals surface area (Å²) < 4.78 is 25.7. The fourth-order valence-corrected chi connectivity index (χ4v) is 4.46. The van der Waals surface area contributed by atoms with E-state index in [-0.39, 0.29) is 4.91 Å². The fourth-order valence-electron chi connectivity index (χ4n) is 3.04.